The first-order valence-electron chi connectivity index (χ1n) is 4.15. The smallest absolute Gasteiger partial charge is 0.177 e. The number of methoxy groups -OCH3 is 1. The Morgan fingerprint density at radius 3 is 3.08 bits per heavy atom. The van der Waals surface area contributed by atoms with Crippen LogP contribution in [0.15, 0.2) is 12.2 Å². The Hall–Kier alpha value is -0.670. The van der Waals surface area contributed by atoms with Crippen molar-refractivity contribution in [3.8, 4) is 0 Å². The molecule has 0 aromatic heterocycles. The largest absolute Gasteiger partial charge is 0.352 e. The molecular weight excluding hydrogens is 156 g/mol. The van der Waals surface area contributed by atoms with E-state index >= 15 is 0 Å². The molecule has 0 aromatic rings. The zero-order valence-electron chi connectivity index (χ0n) is 7.45. The maximum absolute atomic E-state index is 11.2. The maximum atomic E-state index is 11.2. The normalized spacial score (nSPS) is 28.8. The average molecular weight is 170 g/mol. The number of hydrogen-bond acceptors (Lipinski definition) is 3. The molecule has 68 valence electrons. The number of rotatable bonds is 3. The highest BCUT2D eigenvalue weighted by Gasteiger charge is 2.22. The third kappa shape index (κ3) is 2.16. The third-order valence-corrected chi connectivity index (χ3v) is 1.88. The molecule has 1 aliphatic rings. The predicted octanol–water partition coefficient (Wildman–Crippen LogP) is 1.28. The van der Waals surface area contributed by atoms with Gasteiger partial charge >= 0.3 is 0 Å². The van der Waals surface area contributed by atoms with E-state index < -0.39 is 0 Å². The molecule has 0 radical (unpaired) electrons. The van der Waals surface area contributed by atoms with E-state index in [0.717, 1.165) is 0 Å². The summed E-state index contributed by atoms with van der Waals surface area (Å²) in [5.74, 6) is 0.140. The molecular formula is C9H14O3. The van der Waals surface area contributed by atoms with Gasteiger partial charge in [0.15, 0.2) is 12.1 Å². The van der Waals surface area contributed by atoms with Crippen molar-refractivity contribution in [1.29, 1.82) is 0 Å². The van der Waals surface area contributed by atoms with Crippen LogP contribution < -0.4 is 0 Å². The zero-order valence-corrected chi connectivity index (χ0v) is 7.45. The van der Waals surface area contributed by atoms with Crippen LogP contribution in [0.5, 0.6) is 0 Å². The minimum atomic E-state index is -0.348. The highest BCUT2D eigenvalue weighted by molar-refractivity contribution is 5.83. The molecule has 12 heavy (non-hydrogen) atoms. The summed E-state index contributed by atoms with van der Waals surface area (Å²) < 4.78 is 10.3. The fraction of sp³-hybridized carbons (Fsp3) is 0.667. The van der Waals surface area contributed by atoms with Gasteiger partial charge in [0.25, 0.3) is 0 Å². The van der Waals surface area contributed by atoms with E-state index in [-0.39, 0.29) is 18.2 Å². The number of ketones is 1. The second kappa shape index (κ2) is 4.38. The van der Waals surface area contributed by atoms with Crippen molar-refractivity contribution in [2.75, 3.05) is 7.11 Å². The van der Waals surface area contributed by atoms with Gasteiger partial charge in [-0.1, -0.05) is 13.0 Å². The molecule has 0 spiro atoms. The summed E-state index contributed by atoms with van der Waals surface area (Å²) in [7, 11) is 1.56. The van der Waals surface area contributed by atoms with E-state index in [9.17, 15) is 4.79 Å². The predicted molar refractivity (Wildman–Crippen MR) is 44.7 cm³/mol. The van der Waals surface area contributed by atoms with Crippen molar-refractivity contribution in [3.05, 3.63) is 12.2 Å². The van der Waals surface area contributed by atoms with Gasteiger partial charge in [0.2, 0.25) is 0 Å². The fourth-order valence-electron chi connectivity index (χ4n) is 1.15. The Balaban J connectivity index is 2.49. The quantitative estimate of drug-likeness (QED) is 0.598. The van der Waals surface area contributed by atoms with Gasteiger partial charge in [-0.3, -0.25) is 4.79 Å². The van der Waals surface area contributed by atoms with Crippen molar-refractivity contribution >= 4 is 5.78 Å². The minimum absolute atomic E-state index is 0.140. The van der Waals surface area contributed by atoms with E-state index in [1.807, 2.05) is 19.1 Å². The van der Waals surface area contributed by atoms with E-state index in [0.29, 0.717) is 12.8 Å². The molecule has 2 atom stereocenters. The van der Waals surface area contributed by atoms with Crippen LogP contribution in [0.2, 0.25) is 0 Å². The number of carbonyl (C=O) groups is 1. The van der Waals surface area contributed by atoms with Gasteiger partial charge in [0.1, 0.15) is 6.10 Å². The molecule has 3 heteroatoms. The number of hydrogen-bond donors (Lipinski definition) is 0. The van der Waals surface area contributed by atoms with Gasteiger partial charge in [-0.2, -0.15) is 0 Å². The number of ether oxygens (including phenoxy) is 2. The SMILES string of the molecule is CCC(=O)C1CC=CC(OC)O1. The lowest BCUT2D eigenvalue weighted by atomic mass is 10.1. The van der Waals surface area contributed by atoms with Gasteiger partial charge < -0.3 is 9.47 Å². The van der Waals surface area contributed by atoms with Crippen LogP contribution in [0.1, 0.15) is 19.8 Å². The molecule has 0 N–H and O–H groups in total. The molecule has 1 heterocycles. The average Bonchev–Trinajstić information content (AvgIpc) is 2.17. The summed E-state index contributed by atoms with van der Waals surface area (Å²) >= 11 is 0. The lowest BCUT2D eigenvalue weighted by Crippen LogP contribution is -2.31. The van der Waals surface area contributed by atoms with Gasteiger partial charge in [-0.05, 0) is 12.5 Å². The summed E-state index contributed by atoms with van der Waals surface area (Å²) in [4.78, 5) is 11.2. The molecule has 0 fully saturated rings. The molecule has 0 saturated carbocycles. The van der Waals surface area contributed by atoms with Crippen LogP contribution in [0.4, 0.5) is 0 Å². The first-order chi connectivity index (χ1) is 5.77. The third-order valence-electron chi connectivity index (χ3n) is 1.88. The van der Waals surface area contributed by atoms with Crippen molar-refractivity contribution in [2.24, 2.45) is 0 Å². The molecule has 0 amide bonds. The Kier molecular flexibility index (Phi) is 3.44. The van der Waals surface area contributed by atoms with Crippen molar-refractivity contribution in [1.82, 2.24) is 0 Å². The van der Waals surface area contributed by atoms with Gasteiger partial charge in [-0.15, -0.1) is 0 Å². The molecule has 3 nitrogen and oxygen atoms in total. The Bertz CT molecular complexity index is 186. The minimum Gasteiger partial charge on any atom is -0.352 e. The topological polar surface area (TPSA) is 35.5 Å². The monoisotopic (exact) mass is 170 g/mol. The molecule has 0 aromatic carbocycles. The lowest BCUT2D eigenvalue weighted by Gasteiger charge is -2.23. The standard InChI is InChI=1S/C9H14O3/c1-3-7(10)8-5-4-6-9(11-2)12-8/h4,6,8-9H,3,5H2,1-2H3. The molecule has 2 unspecified atom stereocenters. The summed E-state index contributed by atoms with van der Waals surface area (Å²) in [6.07, 6.45) is 4.29. The summed E-state index contributed by atoms with van der Waals surface area (Å²) in [6.45, 7) is 1.84. The first kappa shape index (κ1) is 9.42. The van der Waals surface area contributed by atoms with E-state index in [1.54, 1.807) is 7.11 Å². The van der Waals surface area contributed by atoms with Crippen LogP contribution in [0.25, 0.3) is 0 Å². The van der Waals surface area contributed by atoms with Crippen LogP contribution in [0, 0.1) is 0 Å². The van der Waals surface area contributed by atoms with E-state index in [1.165, 1.54) is 0 Å². The second-order valence-electron chi connectivity index (χ2n) is 2.71. The number of Topliss-reactive ketones (excluding diaryl/α,β-unsaturated/α-hetero) is 1. The molecule has 1 rings (SSSR count). The molecule has 1 aliphatic heterocycles. The fourth-order valence-corrected chi connectivity index (χ4v) is 1.15. The van der Waals surface area contributed by atoms with Crippen molar-refractivity contribution in [3.63, 3.8) is 0 Å². The Morgan fingerprint density at radius 2 is 2.50 bits per heavy atom. The molecule has 0 saturated heterocycles. The highest BCUT2D eigenvalue weighted by Crippen LogP contribution is 2.14. The van der Waals surface area contributed by atoms with Gasteiger partial charge in [0.05, 0.1) is 0 Å². The van der Waals surface area contributed by atoms with Crippen LogP contribution in [-0.2, 0) is 14.3 Å². The van der Waals surface area contributed by atoms with E-state index in [4.69, 9.17) is 9.47 Å². The van der Waals surface area contributed by atoms with Gasteiger partial charge in [0, 0.05) is 13.5 Å². The summed E-state index contributed by atoms with van der Waals surface area (Å²) in [5.41, 5.74) is 0. The van der Waals surface area contributed by atoms with Crippen LogP contribution in [0.3, 0.4) is 0 Å². The highest BCUT2D eigenvalue weighted by atomic mass is 16.7. The van der Waals surface area contributed by atoms with Gasteiger partial charge in [-0.25, -0.2) is 0 Å². The number of carbonyl (C=O) groups excluding carboxylic acids is 1. The molecule has 0 bridgehead atoms. The van der Waals surface area contributed by atoms with E-state index in [2.05, 4.69) is 0 Å². The lowest BCUT2D eigenvalue weighted by molar-refractivity contribution is -0.156. The maximum Gasteiger partial charge on any atom is 0.177 e. The van der Waals surface area contributed by atoms with Crippen LogP contribution >= 0.6 is 0 Å². The van der Waals surface area contributed by atoms with Crippen molar-refractivity contribution in [2.45, 2.75) is 32.2 Å². The molecule has 0 aliphatic carbocycles. The van der Waals surface area contributed by atoms with Crippen LogP contribution in [-0.4, -0.2) is 25.3 Å². The second-order valence-corrected chi connectivity index (χ2v) is 2.71. The summed E-state index contributed by atoms with van der Waals surface area (Å²) in [6, 6.07) is 0. The Labute approximate surface area is 72.4 Å². The Morgan fingerprint density at radius 1 is 1.75 bits per heavy atom. The first-order valence-corrected chi connectivity index (χ1v) is 4.15. The zero-order chi connectivity index (χ0) is 8.97. The summed E-state index contributed by atoms with van der Waals surface area (Å²) in [5, 5.41) is 0. The van der Waals surface area contributed by atoms with Crippen molar-refractivity contribution < 1.29 is 14.3 Å².